The van der Waals surface area contributed by atoms with Gasteiger partial charge in [0.15, 0.2) is 0 Å². The third-order valence-electron chi connectivity index (χ3n) is 3.96. The van der Waals surface area contributed by atoms with Crippen molar-refractivity contribution in [3.05, 3.63) is 78.6 Å². The van der Waals surface area contributed by atoms with E-state index in [1.165, 1.54) is 11.8 Å². The number of imidazole rings is 1. The van der Waals surface area contributed by atoms with Crippen molar-refractivity contribution in [2.45, 2.75) is 24.4 Å². The van der Waals surface area contributed by atoms with E-state index in [1.54, 1.807) is 24.8 Å². The molecule has 1 aromatic carbocycles. The van der Waals surface area contributed by atoms with Crippen molar-refractivity contribution in [1.82, 2.24) is 19.9 Å². The molecule has 1 N–H and O–H groups in total. The molecule has 0 fully saturated rings. The minimum absolute atomic E-state index is 0.0307. The highest BCUT2D eigenvalue weighted by atomic mass is 32.2. The zero-order chi connectivity index (χ0) is 17.5. The second-order valence-electron chi connectivity index (χ2n) is 5.62. The fourth-order valence-corrected chi connectivity index (χ4v) is 3.33. The molecule has 0 bridgehead atoms. The molecule has 0 aliphatic carbocycles. The van der Waals surface area contributed by atoms with Crippen LogP contribution >= 0.6 is 11.8 Å². The summed E-state index contributed by atoms with van der Waals surface area (Å²) < 4.78 is 0. The third kappa shape index (κ3) is 4.70. The number of aromatic amines is 1. The predicted molar refractivity (Wildman–Crippen MR) is 99.0 cm³/mol. The van der Waals surface area contributed by atoms with Crippen molar-refractivity contribution in [2.24, 2.45) is 0 Å². The summed E-state index contributed by atoms with van der Waals surface area (Å²) in [5.41, 5.74) is 1.11. The summed E-state index contributed by atoms with van der Waals surface area (Å²) in [5.74, 6) is 1.24. The molecule has 2 aromatic heterocycles. The summed E-state index contributed by atoms with van der Waals surface area (Å²) in [7, 11) is 0. The summed E-state index contributed by atoms with van der Waals surface area (Å²) in [6.45, 7) is 2.51. The molecular formula is C19H20N4OS. The molecule has 6 heteroatoms. The number of nitrogens with zero attached hydrogens (tertiary/aromatic N) is 3. The molecule has 25 heavy (non-hydrogen) atoms. The lowest BCUT2D eigenvalue weighted by Crippen LogP contribution is -2.34. The van der Waals surface area contributed by atoms with E-state index in [0.29, 0.717) is 12.3 Å². The topological polar surface area (TPSA) is 61.9 Å². The van der Waals surface area contributed by atoms with Crippen LogP contribution in [0.15, 0.2) is 72.1 Å². The van der Waals surface area contributed by atoms with Crippen molar-refractivity contribution in [3.63, 3.8) is 0 Å². The molecule has 0 saturated carbocycles. The molecule has 3 rings (SSSR count). The van der Waals surface area contributed by atoms with Gasteiger partial charge in [0.2, 0.25) is 5.91 Å². The van der Waals surface area contributed by atoms with Crippen LogP contribution in [0, 0.1) is 0 Å². The van der Waals surface area contributed by atoms with E-state index in [9.17, 15) is 4.79 Å². The van der Waals surface area contributed by atoms with Crippen LogP contribution < -0.4 is 0 Å². The number of hydrogen-bond donors (Lipinski definition) is 1. The van der Waals surface area contributed by atoms with Gasteiger partial charge in [-0.25, -0.2) is 4.98 Å². The molecule has 128 valence electrons. The number of carbonyl (C=O) groups is 1. The summed E-state index contributed by atoms with van der Waals surface area (Å²) in [6, 6.07) is 13.8. The number of hydrogen-bond acceptors (Lipinski definition) is 4. The summed E-state index contributed by atoms with van der Waals surface area (Å²) >= 11 is 1.52. The Bertz CT molecular complexity index is 778. The van der Waals surface area contributed by atoms with Gasteiger partial charge in [0.25, 0.3) is 0 Å². The van der Waals surface area contributed by atoms with Crippen LogP contribution in [0.2, 0.25) is 0 Å². The van der Waals surface area contributed by atoms with E-state index >= 15 is 0 Å². The minimum atomic E-state index is -0.0307. The predicted octanol–water partition coefficient (Wildman–Crippen LogP) is 3.69. The number of carbonyl (C=O) groups excluding carboxylic acids is 1. The SMILES string of the molecule is C[C@@H](c1ccccc1)N(Cc1ncc[nH]1)C(=O)CSc1ccncc1. The Kier molecular flexibility index (Phi) is 5.85. The Balaban J connectivity index is 1.74. The van der Waals surface area contributed by atoms with Crippen LogP contribution in [0.25, 0.3) is 0 Å². The highest BCUT2D eigenvalue weighted by Crippen LogP contribution is 2.24. The van der Waals surface area contributed by atoms with Crippen molar-refractivity contribution in [3.8, 4) is 0 Å². The van der Waals surface area contributed by atoms with Gasteiger partial charge in [-0.05, 0) is 24.6 Å². The van der Waals surface area contributed by atoms with Gasteiger partial charge in [-0.2, -0.15) is 0 Å². The molecular weight excluding hydrogens is 332 g/mol. The quantitative estimate of drug-likeness (QED) is 0.659. The van der Waals surface area contributed by atoms with Gasteiger partial charge in [-0.1, -0.05) is 30.3 Å². The molecule has 3 aromatic rings. The van der Waals surface area contributed by atoms with E-state index in [-0.39, 0.29) is 11.9 Å². The first-order valence-corrected chi connectivity index (χ1v) is 9.08. The highest BCUT2D eigenvalue weighted by molar-refractivity contribution is 8.00. The van der Waals surface area contributed by atoms with Crippen molar-refractivity contribution >= 4 is 17.7 Å². The van der Waals surface area contributed by atoms with E-state index in [1.807, 2.05) is 54.3 Å². The molecule has 0 saturated heterocycles. The van der Waals surface area contributed by atoms with Gasteiger partial charge < -0.3 is 9.88 Å². The standard InChI is InChI=1S/C19H20N4OS/c1-15(16-5-3-2-4-6-16)23(13-18-21-11-12-22-18)19(24)14-25-17-7-9-20-10-8-17/h2-12,15H,13-14H2,1H3,(H,21,22)/t15-/m0/s1. The maximum absolute atomic E-state index is 12.9. The molecule has 0 radical (unpaired) electrons. The van der Waals surface area contributed by atoms with Crippen LogP contribution in [0.5, 0.6) is 0 Å². The zero-order valence-corrected chi connectivity index (χ0v) is 14.8. The van der Waals surface area contributed by atoms with Crippen molar-refractivity contribution < 1.29 is 4.79 Å². The first-order chi connectivity index (χ1) is 12.2. The Morgan fingerprint density at radius 2 is 1.92 bits per heavy atom. The minimum Gasteiger partial charge on any atom is -0.347 e. The number of rotatable bonds is 7. The third-order valence-corrected chi connectivity index (χ3v) is 4.95. The maximum atomic E-state index is 12.9. The smallest absolute Gasteiger partial charge is 0.233 e. The van der Waals surface area contributed by atoms with Gasteiger partial charge in [-0.3, -0.25) is 9.78 Å². The summed E-state index contributed by atoms with van der Waals surface area (Å²) in [4.78, 5) is 27.2. The number of amides is 1. The first-order valence-electron chi connectivity index (χ1n) is 8.09. The normalized spacial score (nSPS) is 11.9. The lowest BCUT2D eigenvalue weighted by molar-refractivity contribution is -0.131. The number of pyridine rings is 1. The van der Waals surface area contributed by atoms with Gasteiger partial charge in [0.05, 0.1) is 18.3 Å². The number of aromatic nitrogens is 3. The fourth-order valence-electron chi connectivity index (χ4n) is 2.56. The number of benzene rings is 1. The second kappa shape index (κ2) is 8.48. The Morgan fingerprint density at radius 1 is 1.16 bits per heavy atom. The number of nitrogens with one attached hydrogen (secondary N) is 1. The van der Waals surface area contributed by atoms with Crippen LogP contribution in [0.1, 0.15) is 24.4 Å². The van der Waals surface area contributed by atoms with Crippen LogP contribution in [-0.4, -0.2) is 31.5 Å². The van der Waals surface area contributed by atoms with E-state index in [2.05, 4.69) is 15.0 Å². The number of H-pyrrole nitrogens is 1. The van der Waals surface area contributed by atoms with Gasteiger partial charge in [-0.15, -0.1) is 11.8 Å². The molecule has 0 unspecified atom stereocenters. The molecule has 0 aliphatic rings. The average Bonchev–Trinajstić information content (AvgIpc) is 3.18. The molecule has 0 spiro atoms. The fraction of sp³-hybridized carbons (Fsp3) is 0.211. The van der Waals surface area contributed by atoms with Crippen LogP contribution in [0.4, 0.5) is 0 Å². The van der Waals surface area contributed by atoms with Crippen molar-refractivity contribution in [2.75, 3.05) is 5.75 Å². The van der Waals surface area contributed by atoms with Gasteiger partial charge in [0, 0.05) is 29.7 Å². The second-order valence-corrected chi connectivity index (χ2v) is 6.66. The lowest BCUT2D eigenvalue weighted by Gasteiger charge is -2.29. The average molecular weight is 352 g/mol. The molecule has 1 atom stereocenters. The Labute approximate surface area is 151 Å². The Morgan fingerprint density at radius 3 is 2.60 bits per heavy atom. The monoisotopic (exact) mass is 352 g/mol. The Hall–Kier alpha value is -2.60. The largest absolute Gasteiger partial charge is 0.347 e. The van der Waals surface area contributed by atoms with Crippen LogP contribution in [0.3, 0.4) is 0 Å². The summed E-state index contributed by atoms with van der Waals surface area (Å²) in [5, 5.41) is 0. The molecule has 5 nitrogen and oxygen atoms in total. The molecule has 2 heterocycles. The van der Waals surface area contributed by atoms with E-state index in [4.69, 9.17) is 0 Å². The lowest BCUT2D eigenvalue weighted by atomic mass is 10.1. The van der Waals surface area contributed by atoms with Gasteiger partial charge >= 0.3 is 0 Å². The molecule has 0 aliphatic heterocycles. The zero-order valence-electron chi connectivity index (χ0n) is 14.0. The first kappa shape index (κ1) is 17.2. The number of thioether (sulfide) groups is 1. The van der Waals surface area contributed by atoms with Crippen molar-refractivity contribution in [1.29, 1.82) is 0 Å². The van der Waals surface area contributed by atoms with E-state index in [0.717, 1.165) is 16.3 Å². The maximum Gasteiger partial charge on any atom is 0.233 e. The summed E-state index contributed by atoms with van der Waals surface area (Å²) in [6.07, 6.45) is 6.95. The van der Waals surface area contributed by atoms with E-state index < -0.39 is 0 Å². The van der Waals surface area contributed by atoms with Gasteiger partial charge in [0.1, 0.15) is 5.82 Å². The molecule has 1 amide bonds. The van der Waals surface area contributed by atoms with Crippen LogP contribution in [-0.2, 0) is 11.3 Å². The highest BCUT2D eigenvalue weighted by Gasteiger charge is 2.22.